The predicted octanol–water partition coefficient (Wildman–Crippen LogP) is 3.71. The lowest BCUT2D eigenvalue weighted by molar-refractivity contribution is 0.102. The molecule has 0 aliphatic heterocycles. The van der Waals surface area contributed by atoms with Crippen LogP contribution in [0.15, 0.2) is 57.7 Å². The number of nitrogens with one attached hydrogen (secondary N) is 1. The molecule has 1 heterocycles. The van der Waals surface area contributed by atoms with E-state index in [0.29, 0.717) is 27.6 Å². The molecule has 1 amide bonds. The molecule has 0 saturated carbocycles. The smallest absolute Gasteiger partial charge is 0.336 e. The summed E-state index contributed by atoms with van der Waals surface area (Å²) >= 11 is 6.02. The molecule has 0 aliphatic rings. The third-order valence-electron chi connectivity index (χ3n) is 3.29. The van der Waals surface area contributed by atoms with E-state index in [1.165, 1.54) is 19.2 Å². The Morgan fingerprint density at radius 3 is 2.70 bits per heavy atom. The molecule has 0 spiro atoms. The van der Waals surface area contributed by atoms with Gasteiger partial charge in [-0.1, -0.05) is 11.6 Å². The average Bonchev–Trinajstić information content (AvgIpc) is 2.55. The largest absolute Gasteiger partial charge is 0.495 e. The fourth-order valence-corrected chi connectivity index (χ4v) is 2.42. The minimum Gasteiger partial charge on any atom is -0.495 e. The first-order chi connectivity index (χ1) is 11.1. The van der Waals surface area contributed by atoms with Gasteiger partial charge in [-0.05, 0) is 42.5 Å². The lowest BCUT2D eigenvalue weighted by Crippen LogP contribution is -2.11. The molecule has 0 bridgehead atoms. The standard InChI is InChI=1S/C17H12ClNO4/c1-22-15-5-2-11(9-13(15)18)17(21)19-12-4-6-14-10(8-12)3-7-16(20)23-14/h2-9H,1H3,(H,19,21). The van der Waals surface area contributed by atoms with Crippen LogP contribution in [-0.4, -0.2) is 13.0 Å². The van der Waals surface area contributed by atoms with E-state index in [2.05, 4.69) is 5.32 Å². The number of fused-ring (bicyclic) bond motifs is 1. The van der Waals surface area contributed by atoms with Crippen molar-refractivity contribution >= 4 is 34.2 Å². The number of ether oxygens (including phenoxy) is 1. The Bertz CT molecular complexity index is 949. The van der Waals surface area contributed by atoms with Crippen molar-refractivity contribution in [1.29, 1.82) is 0 Å². The molecule has 23 heavy (non-hydrogen) atoms. The van der Waals surface area contributed by atoms with E-state index in [-0.39, 0.29) is 5.91 Å². The minimum atomic E-state index is -0.415. The summed E-state index contributed by atoms with van der Waals surface area (Å²) in [6, 6.07) is 12.8. The molecule has 3 aromatic rings. The van der Waals surface area contributed by atoms with E-state index in [9.17, 15) is 9.59 Å². The number of carbonyl (C=O) groups excluding carboxylic acids is 1. The van der Waals surface area contributed by atoms with Gasteiger partial charge in [0.2, 0.25) is 0 Å². The van der Waals surface area contributed by atoms with Gasteiger partial charge < -0.3 is 14.5 Å². The molecule has 3 rings (SSSR count). The van der Waals surface area contributed by atoms with E-state index in [1.807, 2.05) is 0 Å². The summed E-state index contributed by atoms with van der Waals surface area (Å²) in [7, 11) is 1.51. The molecule has 0 saturated heterocycles. The van der Waals surface area contributed by atoms with Gasteiger partial charge in [-0.25, -0.2) is 4.79 Å². The number of rotatable bonds is 3. The Kier molecular flexibility index (Phi) is 4.04. The van der Waals surface area contributed by atoms with Crippen LogP contribution in [0.4, 0.5) is 5.69 Å². The molecule has 0 unspecified atom stereocenters. The minimum absolute atomic E-state index is 0.300. The maximum absolute atomic E-state index is 12.3. The van der Waals surface area contributed by atoms with Gasteiger partial charge in [-0.15, -0.1) is 0 Å². The molecule has 6 heteroatoms. The van der Waals surface area contributed by atoms with Crippen LogP contribution in [0.25, 0.3) is 11.0 Å². The van der Waals surface area contributed by atoms with Crippen molar-refractivity contribution in [3.63, 3.8) is 0 Å². The van der Waals surface area contributed by atoms with Crippen LogP contribution in [0, 0.1) is 0 Å². The number of amides is 1. The van der Waals surface area contributed by atoms with E-state index in [1.54, 1.807) is 36.4 Å². The summed E-state index contributed by atoms with van der Waals surface area (Å²) < 4.78 is 10.1. The number of benzene rings is 2. The highest BCUT2D eigenvalue weighted by Gasteiger charge is 2.10. The van der Waals surface area contributed by atoms with Crippen LogP contribution in [0.5, 0.6) is 5.75 Å². The third kappa shape index (κ3) is 3.19. The Labute approximate surface area is 136 Å². The van der Waals surface area contributed by atoms with Crippen molar-refractivity contribution in [2.45, 2.75) is 0 Å². The Balaban J connectivity index is 1.86. The molecular formula is C17H12ClNO4. The Morgan fingerprint density at radius 1 is 1.13 bits per heavy atom. The topological polar surface area (TPSA) is 68.5 Å². The zero-order valence-electron chi connectivity index (χ0n) is 12.1. The molecule has 5 nitrogen and oxygen atoms in total. The van der Waals surface area contributed by atoms with Crippen LogP contribution in [-0.2, 0) is 0 Å². The highest BCUT2D eigenvalue weighted by atomic mass is 35.5. The monoisotopic (exact) mass is 329 g/mol. The molecule has 0 radical (unpaired) electrons. The van der Waals surface area contributed by atoms with Gasteiger partial charge in [0.05, 0.1) is 12.1 Å². The van der Waals surface area contributed by atoms with Crippen LogP contribution < -0.4 is 15.7 Å². The molecule has 2 aromatic carbocycles. The van der Waals surface area contributed by atoms with Gasteiger partial charge in [0, 0.05) is 22.7 Å². The maximum Gasteiger partial charge on any atom is 0.336 e. The second-order valence-electron chi connectivity index (χ2n) is 4.81. The fourth-order valence-electron chi connectivity index (χ4n) is 2.16. The predicted molar refractivity (Wildman–Crippen MR) is 88.4 cm³/mol. The van der Waals surface area contributed by atoms with E-state index in [0.717, 1.165) is 5.39 Å². The zero-order valence-corrected chi connectivity index (χ0v) is 12.9. The third-order valence-corrected chi connectivity index (χ3v) is 3.59. The average molecular weight is 330 g/mol. The summed E-state index contributed by atoms with van der Waals surface area (Å²) in [5.41, 5.74) is 1.05. The first-order valence-electron chi connectivity index (χ1n) is 6.75. The first-order valence-corrected chi connectivity index (χ1v) is 7.13. The van der Waals surface area contributed by atoms with Crippen LogP contribution in [0.1, 0.15) is 10.4 Å². The van der Waals surface area contributed by atoms with Crippen LogP contribution in [0.3, 0.4) is 0 Å². The number of hydrogen-bond donors (Lipinski definition) is 1. The van der Waals surface area contributed by atoms with Gasteiger partial charge in [0.1, 0.15) is 11.3 Å². The number of carbonyl (C=O) groups is 1. The van der Waals surface area contributed by atoms with Gasteiger partial charge in [-0.3, -0.25) is 4.79 Å². The highest BCUT2D eigenvalue weighted by Crippen LogP contribution is 2.25. The molecule has 1 N–H and O–H groups in total. The maximum atomic E-state index is 12.3. The van der Waals surface area contributed by atoms with Crippen molar-refractivity contribution in [2.24, 2.45) is 0 Å². The molecule has 0 fully saturated rings. The van der Waals surface area contributed by atoms with Gasteiger partial charge >= 0.3 is 5.63 Å². The summed E-state index contributed by atoms with van der Waals surface area (Å²) in [6.45, 7) is 0. The number of hydrogen-bond acceptors (Lipinski definition) is 4. The summed E-state index contributed by atoms with van der Waals surface area (Å²) in [6.07, 6.45) is 0. The number of methoxy groups -OCH3 is 1. The summed E-state index contributed by atoms with van der Waals surface area (Å²) in [5.74, 6) is 0.204. The SMILES string of the molecule is COc1ccc(C(=O)Nc2ccc3oc(=O)ccc3c2)cc1Cl. The lowest BCUT2D eigenvalue weighted by Gasteiger charge is -2.08. The molecular weight excluding hydrogens is 318 g/mol. The summed E-state index contributed by atoms with van der Waals surface area (Å²) in [4.78, 5) is 23.4. The highest BCUT2D eigenvalue weighted by molar-refractivity contribution is 6.32. The summed E-state index contributed by atoms with van der Waals surface area (Å²) in [5, 5.41) is 3.85. The van der Waals surface area contributed by atoms with Crippen molar-refractivity contribution in [1.82, 2.24) is 0 Å². The Morgan fingerprint density at radius 2 is 1.96 bits per heavy atom. The molecule has 1 aromatic heterocycles. The van der Waals surface area contributed by atoms with Crippen LogP contribution in [0.2, 0.25) is 5.02 Å². The number of anilines is 1. The molecule has 0 atom stereocenters. The molecule has 116 valence electrons. The van der Waals surface area contributed by atoms with Gasteiger partial charge in [-0.2, -0.15) is 0 Å². The van der Waals surface area contributed by atoms with Crippen molar-refractivity contribution < 1.29 is 13.9 Å². The fraction of sp³-hybridized carbons (Fsp3) is 0.0588. The van der Waals surface area contributed by atoms with E-state index < -0.39 is 5.63 Å². The van der Waals surface area contributed by atoms with E-state index >= 15 is 0 Å². The quantitative estimate of drug-likeness (QED) is 0.744. The number of halogens is 1. The van der Waals surface area contributed by atoms with Crippen molar-refractivity contribution in [3.05, 3.63) is 69.5 Å². The zero-order chi connectivity index (χ0) is 16.4. The molecule has 0 aliphatic carbocycles. The second-order valence-corrected chi connectivity index (χ2v) is 5.22. The Hall–Kier alpha value is -2.79. The normalized spacial score (nSPS) is 10.5. The van der Waals surface area contributed by atoms with E-state index in [4.69, 9.17) is 20.8 Å². The lowest BCUT2D eigenvalue weighted by atomic mass is 10.1. The van der Waals surface area contributed by atoms with Crippen LogP contribution >= 0.6 is 11.6 Å². The first kappa shape index (κ1) is 15.1. The second kappa shape index (κ2) is 6.14. The van der Waals surface area contributed by atoms with Gasteiger partial charge in [0.25, 0.3) is 5.91 Å². The van der Waals surface area contributed by atoms with Crippen molar-refractivity contribution in [2.75, 3.05) is 12.4 Å². The van der Waals surface area contributed by atoms with Gasteiger partial charge in [0.15, 0.2) is 0 Å². The van der Waals surface area contributed by atoms with Crippen molar-refractivity contribution in [3.8, 4) is 5.75 Å².